The first-order valence-corrected chi connectivity index (χ1v) is 13.8. The molecule has 0 aromatic heterocycles. The van der Waals surface area contributed by atoms with Crippen molar-refractivity contribution in [1.82, 2.24) is 14.9 Å². The lowest BCUT2D eigenvalue weighted by molar-refractivity contribution is -0.0372. The molecule has 0 saturated carbocycles. The Kier molecular flexibility index (Phi) is 12.8. The van der Waals surface area contributed by atoms with Crippen LogP contribution in [0.1, 0.15) is 49.4 Å². The molecule has 1 aliphatic rings. The molecule has 2 amide bonds. The number of urea groups is 1. The van der Waals surface area contributed by atoms with Gasteiger partial charge in [0.1, 0.15) is 17.4 Å². The number of benzene rings is 3. The molecule has 0 aliphatic carbocycles. The summed E-state index contributed by atoms with van der Waals surface area (Å²) in [6.07, 6.45) is 2.28. The lowest BCUT2D eigenvalue weighted by Gasteiger charge is -2.40. The lowest BCUT2D eigenvalue weighted by Crippen LogP contribution is -2.48. The summed E-state index contributed by atoms with van der Waals surface area (Å²) >= 11 is 0. The molecule has 0 radical (unpaired) electrons. The van der Waals surface area contributed by atoms with Crippen molar-refractivity contribution >= 4 is 6.03 Å². The first-order valence-electron chi connectivity index (χ1n) is 13.8. The Bertz CT molecular complexity index is 1250. The molecule has 3 N–H and O–H groups in total. The van der Waals surface area contributed by atoms with Crippen LogP contribution in [-0.2, 0) is 0 Å². The van der Waals surface area contributed by atoms with Crippen molar-refractivity contribution in [1.29, 1.82) is 0 Å². The number of nitrogens with zero attached hydrogens (tertiary/aromatic N) is 3. The quantitative estimate of drug-likeness (QED) is 0.132. The van der Waals surface area contributed by atoms with Gasteiger partial charge < -0.3 is 15.4 Å². The van der Waals surface area contributed by atoms with Crippen LogP contribution >= 0.6 is 0 Å². The van der Waals surface area contributed by atoms with Crippen molar-refractivity contribution in [3.05, 3.63) is 101 Å². The van der Waals surface area contributed by atoms with Crippen molar-refractivity contribution in [2.45, 2.75) is 32.7 Å². The molecule has 224 valence electrons. The van der Waals surface area contributed by atoms with Gasteiger partial charge in [0.25, 0.3) is 0 Å². The molecule has 0 bridgehead atoms. The number of hydrogen-bond acceptors (Lipinski definition) is 5. The number of ether oxygens (including phenoxy) is 1. The molecule has 0 spiro atoms. The summed E-state index contributed by atoms with van der Waals surface area (Å²) in [5.74, 6) is 6.12. The summed E-state index contributed by atoms with van der Waals surface area (Å²) in [5.41, 5.74) is 7.78. The zero-order chi connectivity index (χ0) is 29.0. The highest BCUT2D eigenvalue weighted by molar-refractivity contribution is 5.70. The maximum atomic E-state index is 13.6. The van der Waals surface area contributed by atoms with Gasteiger partial charge in [0, 0.05) is 38.2 Å². The molecule has 0 atom stereocenters. The van der Waals surface area contributed by atoms with Gasteiger partial charge >= 0.3 is 6.03 Å². The first kappa shape index (κ1) is 32.5. The number of carbonyl (C=O) groups is 1. The number of unbranched alkanes of at least 4 members (excludes halogenated alkanes) is 1. The molecule has 42 heavy (non-hydrogen) atoms. The van der Waals surface area contributed by atoms with E-state index in [4.69, 9.17) is 10.5 Å². The third kappa shape index (κ3) is 9.84. The minimum atomic E-state index is -0.897. The SMILES string of the molecule is C.NC(=O)N(O)CCC#Cc1ccc(OCCCCN2CCN(C(c3ccc(F)cc3)c3ccc(F)cc3)CC2)cc1. The number of hydroxylamine groups is 2. The number of primary amides is 1. The molecule has 3 aromatic rings. The van der Waals surface area contributed by atoms with Crippen LogP contribution < -0.4 is 10.5 Å². The average Bonchev–Trinajstić information content (AvgIpc) is 2.98. The number of piperazine rings is 1. The third-order valence-corrected chi connectivity index (χ3v) is 7.07. The molecule has 0 unspecified atom stereocenters. The highest BCUT2D eigenvalue weighted by Crippen LogP contribution is 2.30. The van der Waals surface area contributed by atoms with Crippen molar-refractivity contribution in [2.24, 2.45) is 5.73 Å². The van der Waals surface area contributed by atoms with Crippen LogP contribution in [0, 0.1) is 23.5 Å². The molecular weight excluding hydrogens is 538 g/mol. The topological polar surface area (TPSA) is 82.3 Å². The molecule has 9 heteroatoms. The number of amides is 2. The highest BCUT2D eigenvalue weighted by Gasteiger charge is 2.26. The Balaban J connectivity index is 0.00000484. The minimum absolute atomic E-state index is 0. The molecular formula is C33H40F2N4O3. The van der Waals surface area contributed by atoms with Crippen LogP contribution in [0.2, 0.25) is 0 Å². The molecule has 1 heterocycles. The maximum Gasteiger partial charge on any atom is 0.338 e. The van der Waals surface area contributed by atoms with Crippen molar-refractivity contribution < 1.29 is 23.5 Å². The van der Waals surface area contributed by atoms with Crippen LogP contribution in [0.15, 0.2) is 72.8 Å². The average molecular weight is 579 g/mol. The molecule has 1 saturated heterocycles. The fraction of sp³-hybridized carbons (Fsp3) is 0.364. The van der Waals surface area contributed by atoms with E-state index in [1.54, 1.807) is 0 Å². The van der Waals surface area contributed by atoms with Gasteiger partial charge in [0.15, 0.2) is 0 Å². The summed E-state index contributed by atoms with van der Waals surface area (Å²) in [7, 11) is 0. The van der Waals surface area contributed by atoms with E-state index in [0.29, 0.717) is 18.1 Å². The summed E-state index contributed by atoms with van der Waals surface area (Å²) in [6.45, 7) is 5.28. The van der Waals surface area contributed by atoms with E-state index in [-0.39, 0.29) is 31.6 Å². The first-order chi connectivity index (χ1) is 19.9. The number of nitrogens with two attached hydrogens (primary N) is 1. The second kappa shape index (κ2) is 16.5. The van der Waals surface area contributed by atoms with Gasteiger partial charge in [-0.05, 0) is 79.0 Å². The van der Waals surface area contributed by atoms with Crippen molar-refractivity contribution in [3.63, 3.8) is 0 Å². The maximum absolute atomic E-state index is 13.6. The second-order valence-electron chi connectivity index (χ2n) is 9.98. The van der Waals surface area contributed by atoms with E-state index in [1.165, 1.54) is 24.3 Å². The minimum Gasteiger partial charge on any atom is -0.494 e. The van der Waals surface area contributed by atoms with E-state index < -0.39 is 6.03 Å². The summed E-state index contributed by atoms with van der Waals surface area (Å²) in [4.78, 5) is 15.6. The Morgan fingerprint density at radius 2 is 1.48 bits per heavy atom. The van der Waals surface area contributed by atoms with Crippen LogP contribution in [0.5, 0.6) is 5.75 Å². The van der Waals surface area contributed by atoms with E-state index in [2.05, 4.69) is 21.6 Å². The molecule has 1 aliphatic heterocycles. The zero-order valence-electron chi connectivity index (χ0n) is 23.0. The van der Waals surface area contributed by atoms with Crippen LogP contribution in [-0.4, -0.2) is 72.0 Å². The van der Waals surface area contributed by atoms with E-state index in [9.17, 15) is 18.8 Å². The Morgan fingerprint density at radius 1 is 0.905 bits per heavy atom. The number of halogens is 2. The monoisotopic (exact) mass is 578 g/mol. The normalized spacial score (nSPS) is 13.6. The summed E-state index contributed by atoms with van der Waals surface area (Å²) in [5, 5.41) is 9.67. The molecule has 4 rings (SSSR count). The standard InChI is InChI=1S/C32H36F2N4O3.CH4/c33-28-12-8-26(9-13-28)31(27-10-14-29(34)15-11-27)37-22-20-36(21-23-37)18-3-4-24-41-30-16-6-25(7-17-30)5-1-2-19-38(40)32(35)39;/h6-17,31,40H,2-4,18-24H2,(H2,35,39);1H4. The largest absolute Gasteiger partial charge is 0.494 e. The number of carbonyl (C=O) groups excluding carboxylic acids is 1. The van der Waals surface area contributed by atoms with Crippen molar-refractivity contribution in [3.8, 4) is 17.6 Å². The van der Waals surface area contributed by atoms with E-state index in [0.717, 1.165) is 68.0 Å². The van der Waals surface area contributed by atoms with Crippen LogP contribution in [0.4, 0.5) is 13.6 Å². The van der Waals surface area contributed by atoms with Gasteiger partial charge in [0.05, 0.1) is 19.2 Å². The fourth-order valence-corrected chi connectivity index (χ4v) is 4.85. The smallest absolute Gasteiger partial charge is 0.338 e. The van der Waals surface area contributed by atoms with E-state index in [1.807, 2.05) is 48.5 Å². The van der Waals surface area contributed by atoms with Gasteiger partial charge in [0.2, 0.25) is 0 Å². The van der Waals surface area contributed by atoms with Crippen molar-refractivity contribution in [2.75, 3.05) is 45.9 Å². The van der Waals surface area contributed by atoms with Crippen LogP contribution in [0.3, 0.4) is 0 Å². The predicted octanol–water partition coefficient (Wildman–Crippen LogP) is 5.68. The number of hydrogen-bond donors (Lipinski definition) is 2. The van der Waals surface area contributed by atoms with Gasteiger partial charge in [-0.3, -0.25) is 10.1 Å². The molecule has 3 aromatic carbocycles. The number of rotatable bonds is 11. The van der Waals surface area contributed by atoms with Gasteiger partial charge in [-0.1, -0.05) is 43.5 Å². The lowest BCUT2D eigenvalue weighted by atomic mass is 9.96. The fourth-order valence-electron chi connectivity index (χ4n) is 4.85. The zero-order valence-corrected chi connectivity index (χ0v) is 23.0. The third-order valence-electron chi connectivity index (χ3n) is 7.07. The summed E-state index contributed by atoms with van der Waals surface area (Å²) in [6, 6.07) is 19.7. The predicted molar refractivity (Wildman–Crippen MR) is 160 cm³/mol. The molecule has 7 nitrogen and oxygen atoms in total. The van der Waals surface area contributed by atoms with Gasteiger partial charge in [-0.25, -0.2) is 18.6 Å². The Hall–Kier alpha value is -3.97. The molecule has 1 fully saturated rings. The highest BCUT2D eigenvalue weighted by atomic mass is 19.1. The van der Waals surface area contributed by atoms with Gasteiger partial charge in [-0.15, -0.1) is 0 Å². The van der Waals surface area contributed by atoms with E-state index >= 15 is 0 Å². The van der Waals surface area contributed by atoms with Crippen LogP contribution in [0.25, 0.3) is 0 Å². The summed E-state index contributed by atoms with van der Waals surface area (Å²) < 4.78 is 33.0. The Labute approximate surface area is 247 Å². The Morgan fingerprint density at radius 3 is 2.02 bits per heavy atom. The second-order valence-corrected chi connectivity index (χ2v) is 9.98. The van der Waals surface area contributed by atoms with Gasteiger partial charge in [-0.2, -0.15) is 0 Å².